The Balaban J connectivity index is 1.94. The van der Waals surface area contributed by atoms with Crippen molar-refractivity contribution in [3.63, 3.8) is 0 Å². The van der Waals surface area contributed by atoms with E-state index in [0.717, 1.165) is 11.1 Å². The zero-order valence-corrected chi connectivity index (χ0v) is 11.3. The molecule has 0 heterocycles. The van der Waals surface area contributed by atoms with E-state index >= 15 is 0 Å². The molecule has 0 radical (unpaired) electrons. The van der Waals surface area contributed by atoms with Crippen LogP contribution >= 0.6 is 0 Å². The predicted octanol–water partition coefficient (Wildman–Crippen LogP) is 3.51. The number of rotatable bonds is 4. The maximum atomic E-state index is 11.7. The average molecular weight is 264 g/mol. The van der Waals surface area contributed by atoms with Crippen molar-refractivity contribution in [2.75, 3.05) is 0 Å². The minimum Gasteiger partial charge on any atom is -0.267 e. The van der Waals surface area contributed by atoms with E-state index in [2.05, 4.69) is 10.5 Å². The smallest absolute Gasteiger partial charge is 0.267 e. The van der Waals surface area contributed by atoms with Gasteiger partial charge in [-0.25, -0.2) is 5.43 Å². The minimum atomic E-state index is -0.214. The van der Waals surface area contributed by atoms with Gasteiger partial charge < -0.3 is 0 Å². The van der Waals surface area contributed by atoms with E-state index < -0.39 is 0 Å². The van der Waals surface area contributed by atoms with Crippen LogP contribution in [0.5, 0.6) is 0 Å². The van der Waals surface area contributed by atoms with E-state index in [1.54, 1.807) is 18.3 Å². The maximum absolute atomic E-state index is 11.7. The van der Waals surface area contributed by atoms with Crippen LogP contribution in [0.25, 0.3) is 6.08 Å². The molecule has 0 aliphatic heterocycles. The second-order valence-electron chi connectivity index (χ2n) is 4.36. The van der Waals surface area contributed by atoms with Crippen molar-refractivity contribution in [3.8, 4) is 0 Å². The van der Waals surface area contributed by atoms with Gasteiger partial charge in [0.1, 0.15) is 0 Å². The highest BCUT2D eigenvalue weighted by atomic mass is 16.2. The van der Waals surface area contributed by atoms with Gasteiger partial charge in [0.15, 0.2) is 0 Å². The average Bonchev–Trinajstić information content (AvgIpc) is 2.49. The van der Waals surface area contributed by atoms with Gasteiger partial charge in [-0.1, -0.05) is 54.6 Å². The summed E-state index contributed by atoms with van der Waals surface area (Å²) in [5.74, 6) is -0.214. The van der Waals surface area contributed by atoms with Crippen molar-refractivity contribution < 1.29 is 4.79 Å². The standard InChI is InChI=1S/C17H16N2O/c1-14(12-15-8-4-2-5-9-15)13-18-19-17(20)16-10-6-3-7-11-16/h2-13H,1H3,(H,19,20)/b14-12+,18-13+. The monoisotopic (exact) mass is 264 g/mol. The molecule has 2 aromatic rings. The number of nitrogens with zero attached hydrogens (tertiary/aromatic N) is 1. The van der Waals surface area contributed by atoms with Crippen molar-refractivity contribution in [2.24, 2.45) is 5.10 Å². The van der Waals surface area contributed by atoms with Gasteiger partial charge in [-0.15, -0.1) is 0 Å². The highest BCUT2D eigenvalue weighted by molar-refractivity contribution is 5.95. The quantitative estimate of drug-likeness (QED) is 0.666. The molecule has 2 aromatic carbocycles. The normalized spacial score (nSPS) is 11.6. The van der Waals surface area contributed by atoms with E-state index in [1.807, 2.05) is 61.5 Å². The fraction of sp³-hybridized carbons (Fsp3) is 0.0588. The lowest BCUT2D eigenvalue weighted by molar-refractivity contribution is 0.0955. The predicted molar refractivity (Wildman–Crippen MR) is 82.5 cm³/mol. The summed E-state index contributed by atoms with van der Waals surface area (Å²) in [5.41, 5.74) is 5.16. The number of hydrazone groups is 1. The van der Waals surface area contributed by atoms with Crippen LogP contribution in [0.4, 0.5) is 0 Å². The molecule has 0 bridgehead atoms. The van der Waals surface area contributed by atoms with Crippen molar-refractivity contribution in [2.45, 2.75) is 6.92 Å². The molecule has 0 aromatic heterocycles. The highest BCUT2D eigenvalue weighted by Crippen LogP contribution is 2.04. The molecule has 0 saturated heterocycles. The molecular weight excluding hydrogens is 248 g/mol. The Bertz CT molecular complexity index is 616. The lowest BCUT2D eigenvalue weighted by Gasteiger charge is -1.99. The summed E-state index contributed by atoms with van der Waals surface area (Å²) >= 11 is 0. The molecule has 100 valence electrons. The van der Waals surface area contributed by atoms with Gasteiger partial charge in [-0.3, -0.25) is 4.79 Å². The Labute approximate surface area is 118 Å². The van der Waals surface area contributed by atoms with Crippen molar-refractivity contribution in [3.05, 3.63) is 77.4 Å². The zero-order chi connectivity index (χ0) is 14.2. The molecule has 0 aliphatic rings. The SMILES string of the molecule is CC(/C=N/NC(=O)c1ccccc1)=C\c1ccccc1. The van der Waals surface area contributed by atoms with Crippen LogP contribution in [0.2, 0.25) is 0 Å². The largest absolute Gasteiger partial charge is 0.271 e. The van der Waals surface area contributed by atoms with Crippen LogP contribution in [0, 0.1) is 0 Å². The number of benzene rings is 2. The molecule has 3 nitrogen and oxygen atoms in total. The van der Waals surface area contributed by atoms with Gasteiger partial charge in [-0.2, -0.15) is 5.10 Å². The first-order valence-electron chi connectivity index (χ1n) is 6.37. The molecule has 3 heteroatoms. The van der Waals surface area contributed by atoms with E-state index in [-0.39, 0.29) is 5.91 Å². The molecule has 1 N–H and O–H groups in total. The highest BCUT2D eigenvalue weighted by Gasteiger charge is 2.01. The number of carbonyl (C=O) groups is 1. The van der Waals surface area contributed by atoms with Crippen LogP contribution < -0.4 is 5.43 Å². The summed E-state index contributed by atoms with van der Waals surface area (Å²) in [7, 11) is 0. The second kappa shape index (κ2) is 7.04. The lowest BCUT2D eigenvalue weighted by atomic mass is 10.1. The van der Waals surface area contributed by atoms with E-state index in [1.165, 1.54) is 0 Å². The van der Waals surface area contributed by atoms with Gasteiger partial charge in [0.25, 0.3) is 5.91 Å². The third kappa shape index (κ3) is 4.21. The van der Waals surface area contributed by atoms with Crippen LogP contribution in [0.1, 0.15) is 22.8 Å². The lowest BCUT2D eigenvalue weighted by Crippen LogP contribution is -2.17. The maximum Gasteiger partial charge on any atom is 0.271 e. The molecule has 20 heavy (non-hydrogen) atoms. The van der Waals surface area contributed by atoms with E-state index in [9.17, 15) is 4.79 Å². The molecular formula is C17H16N2O. The summed E-state index contributed by atoms with van der Waals surface area (Å²) in [4.78, 5) is 11.7. The molecule has 0 aliphatic carbocycles. The van der Waals surface area contributed by atoms with Crippen molar-refractivity contribution in [1.29, 1.82) is 0 Å². The molecule has 0 fully saturated rings. The van der Waals surface area contributed by atoms with Crippen molar-refractivity contribution in [1.82, 2.24) is 5.43 Å². The molecule has 0 spiro atoms. The minimum absolute atomic E-state index is 0.214. The topological polar surface area (TPSA) is 41.5 Å². The number of hydrogen-bond acceptors (Lipinski definition) is 2. The first-order valence-corrected chi connectivity index (χ1v) is 6.37. The Hall–Kier alpha value is -2.68. The summed E-state index contributed by atoms with van der Waals surface area (Å²) in [5, 5.41) is 3.95. The van der Waals surface area contributed by atoms with Gasteiger partial charge >= 0.3 is 0 Å². The fourth-order valence-electron chi connectivity index (χ4n) is 1.70. The Morgan fingerprint density at radius 3 is 2.25 bits per heavy atom. The van der Waals surface area contributed by atoms with Gasteiger partial charge in [0.2, 0.25) is 0 Å². The summed E-state index contributed by atoms with van der Waals surface area (Å²) < 4.78 is 0. The number of nitrogens with one attached hydrogen (secondary N) is 1. The Morgan fingerprint density at radius 2 is 1.60 bits per heavy atom. The van der Waals surface area contributed by atoms with Crippen LogP contribution in [0.3, 0.4) is 0 Å². The molecule has 2 rings (SSSR count). The second-order valence-corrected chi connectivity index (χ2v) is 4.36. The Kier molecular flexibility index (Phi) is 4.84. The summed E-state index contributed by atoms with van der Waals surface area (Å²) in [6, 6.07) is 19.0. The summed E-state index contributed by atoms with van der Waals surface area (Å²) in [6.45, 7) is 1.94. The molecule has 0 atom stereocenters. The number of carbonyl (C=O) groups excluding carboxylic acids is 1. The molecule has 0 saturated carbocycles. The van der Waals surface area contributed by atoms with Crippen LogP contribution in [-0.2, 0) is 0 Å². The molecule has 0 unspecified atom stereocenters. The summed E-state index contributed by atoms with van der Waals surface area (Å²) in [6.07, 6.45) is 3.63. The van der Waals surface area contributed by atoms with Gasteiger partial charge in [-0.05, 0) is 30.2 Å². The van der Waals surface area contributed by atoms with Crippen molar-refractivity contribution >= 4 is 18.2 Å². The number of allylic oxidation sites excluding steroid dienone is 1. The van der Waals surface area contributed by atoms with Gasteiger partial charge in [0.05, 0.1) is 6.21 Å². The fourth-order valence-corrected chi connectivity index (χ4v) is 1.70. The first kappa shape index (κ1) is 13.7. The first-order chi connectivity index (χ1) is 9.75. The Morgan fingerprint density at radius 1 is 1.00 bits per heavy atom. The number of hydrogen-bond donors (Lipinski definition) is 1. The third-order valence-electron chi connectivity index (χ3n) is 2.66. The van der Waals surface area contributed by atoms with Crippen LogP contribution in [0.15, 0.2) is 71.3 Å². The number of amides is 1. The third-order valence-corrected chi connectivity index (χ3v) is 2.66. The van der Waals surface area contributed by atoms with Gasteiger partial charge in [0, 0.05) is 5.56 Å². The van der Waals surface area contributed by atoms with E-state index in [0.29, 0.717) is 5.56 Å². The zero-order valence-electron chi connectivity index (χ0n) is 11.3. The van der Waals surface area contributed by atoms with Crippen LogP contribution in [-0.4, -0.2) is 12.1 Å². The van der Waals surface area contributed by atoms with E-state index in [4.69, 9.17) is 0 Å². The molecule has 1 amide bonds.